The number of thioether (sulfide) groups is 1. The maximum Gasteiger partial charge on any atom is 0.321 e. The van der Waals surface area contributed by atoms with Crippen molar-refractivity contribution < 1.29 is 9.59 Å². The van der Waals surface area contributed by atoms with E-state index < -0.39 is 17.2 Å². The summed E-state index contributed by atoms with van der Waals surface area (Å²) in [5.74, 6) is -0.393. The average molecular weight is 334 g/mol. The number of imide groups is 1. The molecule has 2 rings (SSSR count). The predicted octanol–water partition coefficient (Wildman–Crippen LogP) is 1.05. The molecular formula is C14H18N6O2S. The van der Waals surface area contributed by atoms with Crippen LogP contribution in [-0.2, 0) is 11.3 Å². The average Bonchev–Trinajstić information content (AvgIpc) is 2.95. The third-order valence-corrected chi connectivity index (χ3v) is 3.97. The van der Waals surface area contributed by atoms with Crippen molar-refractivity contribution in [3.05, 3.63) is 35.9 Å². The number of hydrogen-bond acceptors (Lipinski definition) is 6. The van der Waals surface area contributed by atoms with E-state index in [-0.39, 0.29) is 0 Å². The van der Waals surface area contributed by atoms with Crippen molar-refractivity contribution in [3.63, 3.8) is 0 Å². The van der Waals surface area contributed by atoms with Crippen LogP contribution in [0.5, 0.6) is 0 Å². The zero-order chi connectivity index (χ0) is 16.7. The zero-order valence-electron chi connectivity index (χ0n) is 12.9. The topological polar surface area (TPSA) is 102 Å². The number of amides is 3. The van der Waals surface area contributed by atoms with E-state index in [2.05, 4.69) is 26.2 Å². The minimum absolute atomic E-state index is 0.393. The van der Waals surface area contributed by atoms with Crippen LogP contribution in [0.25, 0.3) is 0 Å². The number of urea groups is 1. The molecule has 1 aromatic carbocycles. The van der Waals surface area contributed by atoms with Gasteiger partial charge in [-0.2, -0.15) is 0 Å². The molecule has 0 spiro atoms. The van der Waals surface area contributed by atoms with E-state index in [1.807, 2.05) is 30.3 Å². The van der Waals surface area contributed by atoms with Crippen LogP contribution >= 0.6 is 11.8 Å². The maximum atomic E-state index is 12.0. The molecular weight excluding hydrogens is 316 g/mol. The van der Waals surface area contributed by atoms with Crippen LogP contribution in [0.3, 0.4) is 0 Å². The highest BCUT2D eigenvalue weighted by molar-refractivity contribution is 8.00. The van der Waals surface area contributed by atoms with Gasteiger partial charge in [0, 0.05) is 6.54 Å². The Morgan fingerprint density at radius 1 is 1.30 bits per heavy atom. The smallest absolute Gasteiger partial charge is 0.321 e. The Balaban J connectivity index is 1.96. The first-order valence-electron chi connectivity index (χ1n) is 7.15. The van der Waals surface area contributed by atoms with Crippen LogP contribution in [0.4, 0.5) is 4.79 Å². The van der Waals surface area contributed by atoms with Crippen molar-refractivity contribution in [1.29, 1.82) is 0 Å². The number of aromatic nitrogens is 4. The molecule has 0 radical (unpaired) electrons. The fourth-order valence-electron chi connectivity index (χ4n) is 1.77. The quantitative estimate of drug-likeness (QED) is 0.766. The van der Waals surface area contributed by atoms with E-state index in [1.165, 1.54) is 11.8 Å². The fraction of sp³-hybridized carbons (Fsp3) is 0.357. The number of nitrogens with zero attached hydrogens (tertiary/aromatic N) is 4. The number of tetrazole rings is 1. The van der Waals surface area contributed by atoms with Gasteiger partial charge in [0.1, 0.15) is 0 Å². The summed E-state index contributed by atoms with van der Waals surface area (Å²) in [6.07, 6.45) is 0. The minimum atomic E-state index is -0.506. The van der Waals surface area contributed by atoms with E-state index in [0.717, 1.165) is 5.56 Å². The summed E-state index contributed by atoms with van der Waals surface area (Å²) in [7, 11) is 0. The summed E-state index contributed by atoms with van der Waals surface area (Å²) in [4.78, 5) is 23.3. The molecule has 3 amide bonds. The molecule has 1 aromatic heterocycles. The van der Waals surface area contributed by atoms with Gasteiger partial charge in [-0.15, -0.1) is 5.10 Å². The Hall–Kier alpha value is -2.42. The minimum Gasteiger partial charge on any atom is -0.338 e. The van der Waals surface area contributed by atoms with Crippen LogP contribution in [0.1, 0.15) is 19.4 Å². The summed E-state index contributed by atoms with van der Waals surface area (Å²) >= 11 is 1.20. The molecule has 1 unspecified atom stereocenters. The van der Waals surface area contributed by atoms with Crippen molar-refractivity contribution in [2.24, 2.45) is 0 Å². The van der Waals surface area contributed by atoms with Crippen LogP contribution in [-0.4, -0.2) is 43.9 Å². The first-order valence-corrected chi connectivity index (χ1v) is 8.03. The van der Waals surface area contributed by atoms with Gasteiger partial charge in [-0.25, -0.2) is 9.48 Å². The largest absolute Gasteiger partial charge is 0.338 e. The van der Waals surface area contributed by atoms with Crippen molar-refractivity contribution in [2.45, 2.75) is 30.8 Å². The Morgan fingerprint density at radius 2 is 2.04 bits per heavy atom. The molecule has 9 heteroatoms. The third-order valence-electron chi connectivity index (χ3n) is 2.90. The molecule has 2 N–H and O–H groups in total. The normalized spacial score (nSPS) is 11.7. The maximum absolute atomic E-state index is 12.0. The van der Waals surface area contributed by atoms with Gasteiger partial charge in [-0.1, -0.05) is 42.1 Å². The van der Waals surface area contributed by atoms with Gasteiger partial charge in [0.25, 0.3) is 0 Å². The second kappa shape index (κ2) is 8.28. The molecule has 2 aromatic rings. The van der Waals surface area contributed by atoms with E-state index in [1.54, 1.807) is 18.5 Å². The van der Waals surface area contributed by atoms with E-state index in [4.69, 9.17) is 0 Å². The van der Waals surface area contributed by atoms with Gasteiger partial charge >= 0.3 is 6.03 Å². The van der Waals surface area contributed by atoms with Crippen LogP contribution < -0.4 is 10.6 Å². The lowest BCUT2D eigenvalue weighted by molar-refractivity contribution is -0.119. The van der Waals surface area contributed by atoms with Crippen LogP contribution in [0, 0.1) is 0 Å². The molecule has 1 atom stereocenters. The molecule has 8 nitrogen and oxygen atoms in total. The number of carbonyl (C=O) groups is 2. The summed E-state index contributed by atoms with van der Waals surface area (Å²) in [6.45, 7) is 4.44. The lowest BCUT2D eigenvalue weighted by Gasteiger charge is -2.11. The highest BCUT2D eigenvalue weighted by Crippen LogP contribution is 2.20. The van der Waals surface area contributed by atoms with E-state index in [0.29, 0.717) is 18.2 Å². The molecule has 0 aliphatic heterocycles. The predicted molar refractivity (Wildman–Crippen MR) is 85.9 cm³/mol. The van der Waals surface area contributed by atoms with Gasteiger partial charge in [0.05, 0.1) is 11.8 Å². The SMILES string of the molecule is CCNC(=O)NC(=O)C(C)Sc1nnnn1Cc1ccccc1. The summed E-state index contributed by atoms with van der Waals surface area (Å²) in [6, 6.07) is 9.26. The molecule has 0 saturated carbocycles. The molecule has 23 heavy (non-hydrogen) atoms. The molecule has 0 aliphatic carbocycles. The number of carbonyl (C=O) groups excluding carboxylic acids is 2. The number of benzene rings is 1. The first kappa shape index (κ1) is 16.9. The van der Waals surface area contributed by atoms with Gasteiger partial charge in [-0.3, -0.25) is 10.1 Å². The zero-order valence-corrected chi connectivity index (χ0v) is 13.7. The van der Waals surface area contributed by atoms with Crippen LogP contribution in [0.15, 0.2) is 35.5 Å². The highest BCUT2D eigenvalue weighted by Gasteiger charge is 2.20. The second-order valence-corrected chi connectivity index (χ2v) is 6.02. The van der Waals surface area contributed by atoms with Gasteiger partial charge < -0.3 is 5.32 Å². The molecule has 0 fully saturated rings. The van der Waals surface area contributed by atoms with E-state index in [9.17, 15) is 9.59 Å². The third kappa shape index (κ3) is 5.06. The molecule has 1 heterocycles. The van der Waals surface area contributed by atoms with E-state index >= 15 is 0 Å². The summed E-state index contributed by atoms with van der Waals surface area (Å²) in [5, 5.41) is 16.3. The number of nitrogens with one attached hydrogen (secondary N) is 2. The molecule has 122 valence electrons. The first-order chi connectivity index (χ1) is 11.1. The summed E-state index contributed by atoms with van der Waals surface area (Å²) < 4.78 is 1.62. The Kier molecular flexibility index (Phi) is 6.10. The van der Waals surface area contributed by atoms with Crippen molar-refractivity contribution in [2.75, 3.05) is 6.54 Å². The second-order valence-electron chi connectivity index (χ2n) is 4.71. The lowest BCUT2D eigenvalue weighted by Crippen LogP contribution is -2.42. The number of hydrogen-bond donors (Lipinski definition) is 2. The molecule has 0 bridgehead atoms. The monoisotopic (exact) mass is 334 g/mol. The van der Waals surface area contributed by atoms with Crippen molar-refractivity contribution in [3.8, 4) is 0 Å². The van der Waals surface area contributed by atoms with Crippen molar-refractivity contribution in [1.82, 2.24) is 30.8 Å². The van der Waals surface area contributed by atoms with Gasteiger partial charge in [0.15, 0.2) is 0 Å². The lowest BCUT2D eigenvalue weighted by atomic mass is 10.2. The van der Waals surface area contributed by atoms with Crippen LogP contribution in [0.2, 0.25) is 0 Å². The Labute approximate surface area is 138 Å². The highest BCUT2D eigenvalue weighted by atomic mass is 32.2. The Bertz CT molecular complexity index is 660. The van der Waals surface area contributed by atoms with Crippen molar-refractivity contribution >= 4 is 23.7 Å². The molecule has 0 saturated heterocycles. The molecule has 0 aliphatic rings. The number of rotatable bonds is 6. The van der Waals surface area contributed by atoms with Gasteiger partial charge in [0.2, 0.25) is 11.1 Å². The fourth-order valence-corrected chi connectivity index (χ4v) is 2.55. The van der Waals surface area contributed by atoms with Gasteiger partial charge in [-0.05, 0) is 29.8 Å². The standard InChI is InChI=1S/C14H18N6O2S/c1-3-15-13(22)16-12(21)10(2)23-14-17-18-19-20(14)9-11-7-5-4-6-8-11/h4-8,10H,3,9H2,1-2H3,(H2,15,16,21,22). The Morgan fingerprint density at radius 3 is 2.74 bits per heavy atom. The summed E-state index contributed by atoms with van der Waals surface area (Å²) in [5.41, 5.74) is 1.06.